The van der Waals surface area contributed by atoms with E-state index in [1.807, 2.05) is 0 Å². The van der Waals surface area contributed by atoms with Crippen LogP contribution in [0.25, 0.3) is 11.3 Å². The largest absolute Gasteiger partial charge is 0.417 e. The van der Waals surface area contributed by atoms with Gasteiger partial charge < -0.3 is 10.4 Å². The Morgan fingerprint density at radius 1 is 1.12 bits per heavy atom. The number of aromatic nitrogens is 2. The van der Waals surface area contributed by atoms with Gasteiger partial charge in [0.2, 0.25) is 0 Å². The quantitative estimate of drug-likeness (QED) is 0.578. The van der Waals surface area contributed by atoms with E-state index in [0.29, 0.717) is 0 Å². The fraction of sp³-hybridized carbons (Fsp3) is 0.238. The monoisotopic (exact) mass is 467 g/mol. The number of anilines is 1. The predicted octanol–water partition coefficient (Wildman–Crippen LogP) is 3.53. The molecule has 170 valence electrons. The smallest absolute Gasteiger partial charge is 0.394 e. The van der Waals surface area contributed by atoms with Gasteiger partial charge in [-0.2, -0.15) is 18.3 Å². The molecule has 0 aliphatic carbocycles. The standard InChI is InChI=1S/C21H20F3N3O4S/c1-13-18(20(29)25-14-7-9-15(10-8-14)32(2,30)31)26-27(11-12-28)19(13)16-5-3-4-6-17(16)21(22,23)24/h3-10,28H,11-12H2,1-2H3,(H,25,29). The molecule has 3 rings (SSSR count). The summed E-state index contributed by atoms with van der Waals surface area (Å²) in [6.45, 7) is 0.972. The van der Waals surface area contributed by atoms with Crippen molar-refractivity contribution >= 4 is 21.4 Å². The minimum Gasteiger partial charge on any atom is -0.394 e. The number of halogens is 3. The van der Waals surface area contributed by atoms with Gasteiger partial charge in [0.1, 0.15) is 0 Å². The number of aliphatic hydroxyl groups excluding tert-OH is 1. The average molecular weight is 467 g/mol. The average Bonchev–Trinajstić information content (AvgIpc) is 3.03. The number of carbonyl (C=O) groups excluding carboxylic acids is 1. The van der Waals surface area contributed by atoms with Crippen LogP contribution in [0.2, 0.25) is 0 Å². The van der Waals surface area contributed by atoms with Gasteiger partial charge >= 0.3 is 6.18 Å². The molecular formula is C21H20F3N3O4S. The van der Waals surface area contributed by atoms with E-state index in [2.05, 4.69) is 10.4 Å². The van der Waals surface area contributed by atoms with Gasteiger partial charge in [-0.3, -0.25) is 9.48 Å². The molecule has 1 amide bonds. The summed E-state index contributed by atoms with van der Waals surface area (Å²) >= 11 is 0. The molecule has 3 aromatic rings. The molecule has 0 fully saturated rings. The number of benzene rings is 2. The maximum absolute atomic E-state index is 13.6. The molecule has 0 radical (unpaired) electrons. The molecule has 2 aromatic carbocycles. The van der Waals surface area contributed by atoms with Crippen LogP contribution in [-0.2, 0) is 22.6 Å². The lowest BCUT2D eigenvalue weighted by molar-refractivity contribution is -0.137. The van der Waals surface area contributed by atoms with Crippen molar-refractivity contribution in [1.29, 1.82) is 0 Å². The first-order valence-corrected chi connectivity index (χ1v) is 11.3. The van der Waals surface area contributed by atoms with Gasteiger partial charge in [0.15, 0.2) is 15.5 Å². The SMILES string of the molecule is Cc1c(C(=O)Nc2ccc(S(C)(=O)=O)cc2)nn(CCO)c1-c1ccccc1C(F)(F)F. The Labute approximate surface area is 182 Å². The van der Waals surface area contributed by atoms with Crippen molar-refractivity contribution < 1.29 is 31.5 Å². The molecule has 0 spiro atoms. The zero-order chi connectivity index (χ0) is 23.7. The van der Waals surface area contributed by atoms with Crippen molar-refractivity contribution in [1.82, 2.24) is 9.78 Å². The molecule has 11 heteroatoms. The molecule has 7 nitrogen and oxygen atoms in total. The van der Waals surface area contributed by atoms with Crippen LogP contribution in [-0.4, -0.2) is 42.1 Å². The van der Waals surface area contributed by atoms with E-state index in [0.717, 1.165) is 12.3 Å². The fourth-order valence-electron chi connectivity index (χ4n) is 3.28. The van der Waals surface area contributed by atoms with Crippen molar-refractivity contribution in [3.05, 3.63) is 65.4 Å². The molecule has 1 aromatic heterocycles. The second-order valence-electron chi connectivity index (χ2n) is 7.06. The van der Waals surface area contributed by atoms with Gasteiger partial charge in [-0.25, -0.2) is 8.42 Å². The summed E-state index contributed by atoms with van der Waals surface area (Å²) in [6.07, 6.45) is -3.57. The van der Waals surface area contributed by atoms with Crippen LogP contribution in [0.5, 0.6) is 0 Å². The maximum atomic E-state index is 13.6. The minimum absolute atomic E-state index is 0.0737. The third-order valence-corrected chi connectivity index (χ3v) is 5.87. The summed E-state index contributed by atoms with van der Waals surface area (Å²) in [5.41, 5.74) is -0.584. The summed E-state index contributed by atoms with van der Waals surface area (Å²) in [4.78, 5) is 12.9. The summed E-state index contributed by atoms with van der Waals surface area (Å²) < 4.78 is 65.0. The van der Waals surface area contributed by atoms with E-state index in [1.54, 1.807) is 0 Å². The Morgan fingerprint density at radius 3 is 2.31 bits per heavy atom. The highest BCUT2D eigenvalue weighted by Gasteiger charge is 2.35. The Balaban J connectivity index is 2.02. The predicted molar refractivity (Wildman–Crippen MR) is 112 cm³/mol. The number of amides is 1. The Morgan fingerprint density at radius 2 is 1.75 bits per heavy atom. The second-order valence-corrected chi connectivity index (χ2v) is 9.08. The lowest BCUT2D eigenvalue weighted by Gasteiger charge is -2.14. The normalized spacial score (nSPS) is 12.1. The number of carbonyl (C=O) groups is 1. The van der Waals surface area contributed by atoms with Crippen LogP contribution < -0.4 is 5.32 Å². The summed E-state index contributed by atoms with van der Waals surface area (Å²) in [5, 5.41) is 16.0. The molecule has 1 heterocycles. The van der Waals surface area contributed by atoms with Crippen molar-refractivity contribution in [3.8, 4) is 11.3 Å². The van der Waals surface area contributed by atoms with Crippen molar-refractivity contribution in [3.63, 3.8) is 0 Å². The van der Waals surface area contributed by atoms with Crippen LogP contribution in [0, 0.1) is 6.92 Å². The van der Waals surface area contributed by atoms with E-state index in [-0.39, 0.29) is 39.6 Å². The molecule has 0 saturated carbocycles. The second kappa shape index (κ2) is 8.75. The zero-order valence-corrected chi connectivity index (χ0v) is 18.0. The number of hydrogen-bond acceptors (Lipinski definition) is 5. The summed E-state index contributed by atoms with van der Waals surface area (Å²) in [5.74, 6) is -0.683. The van der Waals surface area contributed by atoms with Crippen molar-refractivity contribution in [2.24, 2.45) is 0 Å². The molecule has 0 bridgehead atoms. The van der Waals surface area contributed by atoms with Crippen LogP contribution in [0.4, 0.5) is 18.9 Å². The summed E-state index contributed by atoms with van der Waals surface area (Å²) in [6, 6.07) is 10.4. The van der Waals surface area contributed by atoms with E-state index >= 15 is 0 Å². The molecule has 0 aliphatic rings. The highest BCUT2D eigenvalue weighted by molar-refractivity contribution is 7.90. The van der Waals surface area contributed by atoms with Gasteiger partial charge in [-0.1, -0.05) is 18.2 Å². The number of alkyl halides is 3. The highest BCUT2D eigenvalue weighted by Crippen LogP contribution is 2.38. The third-order valence-electron chi connectivity index (χ3n) is 4.74. The third kappa shape index (κ3) is 4.83. The van der Waals surface area contributed by atoms with E-state index in [4.69, 9.17) is 0 Å². The van der Waals surface area contributed by atoms with Gasteiger partial charge in [0.25, 0.3) is 5.91 Å². The van der Waals surface area contributed by atoms with Crippen LogP contribution in [0.3, 0.4) is 0 Å². The molecule has 0 saturated heterocycles. The molecule has 0 unspecified atom stereocenters. The Hall–Kier alpha value is -3.18. The molecule has 0 aliphatic heterocycles. The number of rotatable bonds is 6. The van der Waals surface area contributed by atoms with Crippen LogP contribution in [0.1, 0.15) is 21.6 Å². The summed E-state index contributed by atoms with van der Waals surface area (Å²) in [7, 11) is -3.41. The van der Waals surface area contributed by atoms with E-state index < -0.39 is 34.1 Å². The van der Waals surface area contributed by atoms with Gasteiger partial charge in [-0.15, -0.1) is 0 Å². The molecule has 32 heavy (non-hydrogen) atoms. The van der Waals surface area contributed by atoms with Crippen molar-refractivity contribution in [2.75, 3.05) is 18.2 Å². The first kappa shape index (κ1) is 23.5. The first-order valence-electron chi connectivity index (χ1n) is 9.40. The number of nitrogens with zero attached hydrogens (tertiary/aromatic N) is 2. The zero-order valence-electron chi connectivity index (χ0n) is 17.1. The Bertz CT molecular complexity index is 1250. The number of hydrogen-bond donors (Lipinski definition) is 2. The van der Waals surface area contributed by atoms with Crippen LogP contribution in [0.15, 0.2) is 53.4 Å². The topological polar surface area (TPSA) is 101 Å². The maximum Gasteiger partial charge on any atom is 0.417 e. The molecular weight excluding hydrogens is 447 g/mol. The Kier molecular flexibility index (Phi) is 6.42. The first-order chi connectivity index (χ1) is 14.9. The van der Waals surface area contributed by atoms with E-state index in [1.165, 1.54) is 54.1 Å². The van der Waals surface area contributed by atoms with Crippen LogP contribution >= 0.6 is 0 Å². The van der Waals surface area contributed by atoms with Gasteiger partial charge in [0, 0.05) is 23.1 Å². The number of aliphatic hydroxyl groups is 1. The van der Waals surface area contributed by atoms with Crippen molar-refractivity contribution in [2.45, 2.75) is 24.5 Å². The highest BCUT2D eigenvalue weighted by atomic mass is 32.2. The minimum atomic E-state index is -4.62. The lowest BCUT2D eigenvalue weighted by Crippen LogP contribution is -2.15. The van der Waals surface area contributed by atoms with Gasteiger partial charge in [0.05, 0.1) is 29.3 Å². The lowest BCUT2D eigenvalue weighted by atomic mass is 10.00. The molecule has 0 atom stereocenters. The van der Waals surface area contributed by atoms with E-state index in [9.17, 15) is 31.5 Å². The molecule has 2 N–H and O–H groups in total. The number of nitrogens with one attached hydrogen (secondary N) is 1. The fourth-order valence-corrected chi connectivity index (χ4v) is 3.91. The van der Waals surface area contributed by atoms with Gasteiger partial charge in [-0.05, 0) is 37.3 Å². The number of sulfone groups is 1.